The fourth-order valence-corrected chi connectivity index (χ4v) is 4.80. The van der Waals surface area contributed by atoms with E-state index in [0.29, 0.717) is 5.69 Å². The van der Waals surface area contributed by atoms with Crippen molar-refractivity contribution in [2.75, 3.05) is 39.0 Å². The monoisotopic (exact) mass is 876 g/mol. The van der Waals surface area contributed by atoms with E-state index in [2.05, 4.69) is 41.1 Å². The van der Waals surface area contributed by atoms with Gasteiger partial charge in [-0.05, 0) is 78.9 Å². The molecule has 0 aliphatic carbocycles. The molecule has 0 atom stereocenters. The van der Waals surface area contributed by atoms with Gasteiger partial charge in [0.2, 0.25) is 0 Å². The second-order valence-corrected chi connectivity index (χ2v) is 13.6. The molecule has 0 amide bonds. The first-order valence-electron chi connectivity index (χ1n) is 15.8. The Bertz CT molecular complexity index is 2150. The van der Waals surface area contributed by atoms with E-state index in [1.54, 1.807) is 36.4 Å². The fourth-order valence-electron chi connectivity index (χ4n) is 3.79. The first kappa shape index (κ1) is 60.4. The summed E-state index contributed by atoms with van der Waals surface area (Å²) in [5, 5.41) is 69.3. The number of para-hydroxylation sites is 2. The first-order valence-corrected chi connectivity index (χ1v) is 17.3. The minimum absolute atomic E-state index is 0. The molecule has 1 aromatic heterocycles. The van der Waals surface area contributed by atoms with Gasteiger partial charge < -0.3 is 65.0 Å². The molecule has 23 heteroatoms. The average molecular weight is 877 g/mol. The minimum Gasteiger partial charge on any atom is -1.00 e. The molecule has 5 rings (SSSR count). The molecule has 0 saturated heterocycles. The number of aromatic hydroxyl groups is 3. The number of hydrogen-bond donors (Lipinski definition) is 8. The number of carboxylic acids is 3. The number of phenols is 3. The summed E-state index contributed by atoms with van der Waals surface area (Å²) >= 11 is 0. The van der Waals surface area contributed by atoms with Gasteiger partial charge >= 0.3 is 41.0 Å². The van der Waals surface area contributed by atoms with Crippen LogP contribution in [-0.2, 0) is 10.0 Å². The third-order valence-corrected chi connectivity index (χ3v) is 7.95. The van der Waals surface area contributed by atoms with Crippen LogP contribution in [0.3, 0.4) is 0 Å². The zero-order valence-corrected chi connectivity index (χ0v) is 34.7. The minimum atomic E-state index is -3.79. The number of anilines is 1. The number of quaternary nitrogens is 1. The molecule has 16 N–H and O–H groups in total. The summed E-state index contributed by atoms with van der Waals surface area (Å²) in [6, 6.07) is 25.9. The van der Waals surface area contributed by atoms with Gasteiger partial charge in [-0.25, -0.2) is 27.8 Å². The molecule has 1 heterocycles. The van der Waals surface area contributed by atoms with Crippen LogP contribution < -0.4 is 4.72 Å². The number of benzene rings is 4. The number of carbonyl (C=O) groups is 3. The van der Waals surface area contributed by atoms with Gasteiger partial charge in [0.15, 0.2) is 0 Å². The van der Waals surface area contributed by atoms with E-state index in [1.165, 1.54) is 79.0 Å². The zero-order valence-electron chi connectivity index (χ0n) is 34.5. The molecule has 0 radical (unpaired) electrons. The molecule has 0 unspecified atom stereocenters. The number of likely N-dealkylation sites (N-methyl/N-ethyl adjacent to an activating group) is 1. The number of carboxylic acid groups (broad SMARTS) is 3. The molecule has 5 aromatic rings. The van der Waals surface area contributed by atoms with Gasteiger partial charge in [-0.15, -0.1) is 0 Å². The van der Waals surface area contributed by atoms with E-state index in [-0.39, 0.29) is 105 Å². The topological polar surface area (TPSA) is 403 Å². The van der Waals surface area contributed by atoms with E-state index >= 15 is 0 Å². The number of hydrogen-bond acceptors (Lipinski definition) is 12. The van der Waals surface area contributed by atoms with Gasteiger partial charge in [-0.1, -0.05) is 30.3 Å². The summed E-state index contributed by atoms with van der Waals surface area (Å²) in [7, 11) is 2.36. The summed E-state index contributed by atoms with van der Waals surface area (Å²) in [5.41, 5.74) is 0.161. The van der Waals surface area contributed by atoms with Crippen molar-refractivity contribution in [1.29, 1.82) is 0 Å². The molecule has 0 aliphatic rings. The van der Waals surface area contributed by atoms with Gasteiger partial charge in [-0.3, -0.25) is 4.72 Å². The Kier molecular flexibility index (Phi) is 29.2. The maximum absolute atomic E-state index is 12.3. The Balaban J connectivity index is -0.000000193. The number of aromatic nitrogens is 1. The van der Waals surface area contributed by atoms with E-state index < -0.39 is 27.9 Å². The number of azo groups is 1. The van der Waals surface area contributed by atoms with Crippen LogP contribution in [-0.4, -0.2) is 151 Å². The van der Waals surface area contributed by atoms with Gasteiger partial charge in [0.05, 0.1) is 44.0 Å². The second-order valence-electron chi connectivity index (χ2n) is 11.9. The number of sulfonamides is 1. The van der Waals surface area contributed by atoms with E-state index in [0.717, 1.165) is 11.0 Å². The molecule has 0 spiro atoms. The number of rotatable bonds is 10. The van der Waals surface area contributed by atoms with Crippen molar-refractivity contribution >= 4 is 68.2 Å². The van der Waals surface area contributed by atoms with Gasteiger partial charge in [0.25, 0.3) is 10.0 Å². The molecule has 4 aromatic carbocycles. The fraction of sp³-hybridized carbons (Fsp3) is 0.135. The number of pyridine rings is 1. The van der Waals surface area contributed by atoms with Crippen molar-refractivity contribution in [2.24, 2.45) is 10.2 Å². The van der Waals surface area contributed by atoms with Crippen molar-refractivity contribution in [3.63, 3.8) is 0 Å². The number of aliphatic hydroxyl groups excluding tert-OH is 1. The van der Waals surface area contributed by atoms with Crippen LogP contribution in [0.1, 0.15) is 33.9 Å². The largest absolute Gasteiger partial charge is 2.00 e. The Morgan fingerprint density at radius 3 is 1.42 bits per heavy atom. The van der Waals surface area contributed by atoms with Crippen molar-refractivity contribution in [2.45, 2.75) is 4.90 Å². The number of nitrogens with one attached hydrogen (secondary N) is 1. The molecule has 326 valence electrons. The molecule has 0 bridgehead atoms. The van der Waals surface area contributed by atoms with Crippen LogP contribution in [0.2, 0.25) is 0 Å². The van der Waals surface area contributed by atoms with E-state index in [4.69, 9.17) is 30.6 Å². The van der Waals surface area contributed by atoms with Gasteiger partial charge in [-0.2, -0.15) is 10.2 Å². The van der Waals surface area contributed by atoms with Crippen LogP contribution in [0, 0.1) is 0 Å². The van der Waals surface area contributed by atoms with Crippen LogP contribution in [0.15, 0.2) is 131 Å². The molecular formula is C37H50MgN5O16S+. The normalized spacial score (nSPS) is 9.80. The van der Waals surface area contributed by atoms with Gasteiger partial charge in [0.1, 0.15) is 46.3 Å². The van der Waals surface area contributed by atoms with Crippen molar-refractivity contribution < 1.29 is 87.8 Å². The smallest absolute Gasteiger partial charge is 1.00 e. The third kappa shape index (κ3) is 21.5. The molecular weight excluding hydrogens is 827 g/mol. The first-order chi connectivity index (χ1) is 25.8. The number of aliphatic hydroxyl groups is 1. The summed E-state index contributed by atoms with van der Waals surface area (Å²) in [5.74, 6) is -4.08. The summed E-state index contributed by atoms with van der Waals surface area (Å²) in [6.07, 6.45) is 1.47. The van der Waals surface area contributed by atoms with Crippen LogP contribution in [0.5, 0.6) is 17.2 Å². The van der Waals surface area contributed by atoms with Crippen molar-refractivity contribution in [3.8, 4) is 17.2 Å². The maximum atomic E-state index is 12.3. The number of nitrogens with zero attached hydrogens (tertiary/aromatic N) is 4. The van der Waals surface area contributed by atoms with Crippen molar-refractivity contribution in [1.82, 2.24) is 4.98 Å². The Morgan fingerprint density at radius 2 is 1.05 bits per heavy atom. The van der Waals surface area contributed by atoms with Crippen molar-refractivity contribution in [3.05, 3.63) is 132 Å². The Hall–Kier alpha value is -6.28. The molecule has 21 nitrogen and oxygen atoms in total. The van der Waals surface area contributed by atoms with Crippen LogP contribution in [0.25, 0.3) is 0 Å². The predicted molar refractivity (Wildman–Crippen MR) is 223 cm³/mol. The summed E-state index contributed by atoms with van der Waals surface area (Å²) in [6.45, 7) is 1.11. The predicted octanol–water partition coefficient (Wildman–Crippen LogP) is 2.11. The van der Waals surface area contributed by atoms with Gasteiger partial charge in [0, 0.05) is 6.20 Å². The average Bonchev–Trinajstić information content (AvgIpc) is 3.12. The summed E-state index contributed by atoms with van der Waals surface area (Å²) in [4.78, 5) is 35.5. The standard InChI is InChI=1S/C18H14N4O5S.2C7H6O3.C5H14NO.Mg.4H2O.2H/c23-16-9-6-13(11-15(16)18(24)25)21-20-12-4-7-14(8-5-12)28(26,27)22-17-3-1-2-10-19-17;2*8-6-4-2-1-3-5(6)7(9)10;1-6(2,3)4-5-7;;;;;;;/h1-11,23H,(H,19,22)(H,24,25);2*1-4,8H,(H,9,10);7H,4-5H2,1-3H3;;4*1H2;;/q;;;+1;+2;;;;;2*-1. The quantitative estimate of drug-likeness (QED) is 0.0567. The molecule has 0 fully saturated rings. The molecule has 60 heavy (non-hydrogen) atoms. The number of aromatic carboxylic acids is 3. The molecule has 0 saturated carbocycles. The third-order valence-electron chi connectivity index (χ3n) is 6.58. The summed E-state index contributed by atoms with van der Waals surface area (Å²) < 4.78 is 27.9. The van der Waals surface area contributed by atoms with E-state index in [1.807, 2.05) is 0 Å². The maximum Gasteiger partial charge on any atom is 2.00 e. The molecule has 0 aliphatic heterocycles. The Morgan fingerprint density at radius 1 is 0.633 bits per heavy atom. The Labute approximate surface area is 363 Å². The van der Waals surface area contributed by atoms with Crippen LogP contribution in [0.4, 0.5) is 17.2 Å². The SMILES string of the molecule is C[N+](C)(C)CCO.O.O.O.O.O=C(O)c1cc(N=Nc2ccc(S(=O)(=O)Nc3ccccn3)cc2)ccc1O.O=C(O)c1ccccc1O.O=C(O)c1ccccc1O.[H-].[H-].[Mg+2]. The van der Waals surface area contributed by atoms with E-state index in [9.17, 15) is 27.9 Å². The second kappa shape index (κ2) is 29.0. The van der Waals surface area contributed by atoms with Crippen LogP contribution >= 0.6 is 0 Å². The zero-order chi connectivity index (χ0) is 41.2.